The summed E-state index contributed by atoms with van der Waals surface area (Å²) in [6, 6.07) is 0. The van der Waals surface area contributed by atoms with Crippen molar-refractivity contribution in [2.75, 3.05) is 32.5 Å². The second-order valence-electron chi connectivity index (χ2n) is 6.61. The molecular formula is C18H22N6S. The van der Waals surface area contributed by atoms with Crippen LogP contribution in [0.3, 0.4) is 0 Å². The monoisotopic (exact) mass is 354 g/mol. The number of hydrogen-bond acceptors (Lipinski definition) is 7. The number of aryl methyl sites for hydroxylation is 2. The van der Waals surface area contributed by atoms with Gasteiger partial charge in [0.05, 0.1) is 11.6 Å². The van der Waals surface area contributed by atoms with Gasteiger partial charge in [0.15, 0.2) is 5.82 Å². The van der Waals surface area contributed by atoms with Crippen LogP contribution >= 0.6 is 11.3 Å². The number of thiophene rings is 1. The predicted octanol–water partition coefficient (Wildman–Crippen LogP) is 3.00. The van der Waals surface area contributed by atoms with E-state index in [0.717, 1.165) is 36.6 Å². The lowest BCUT2D eigenvalue weighted by atomic mass is 9.97. The highest BCUT2D eigenvalue weighted by Crippen LogP contribution is 2.39. The minimum absolute atomic E-state index is 0.645. The van der Waals surface area contributed by atoms with Gasteiger partial charge in [0.25, 0.3) is 0 Å². The zero-order valence-corrected chi connectivity index (χ0v) is 15.4. The molecule has 0 radical (unpaired) electrons. The lowest BCUT2D eigenvalue weighted by Crippen LogP contribution is -2.21. The van der Waals surface area contributed by atoms with E-state index in [9.17, 15) is 0 Å². The molecule has 0 aliphatic heterocycles. The van der Waals surface area contributed by atoms with Crippen molar-refractivity contribution in [3.8, 4) is 11.5 Å². The molecule has 3 aromatic heterocycles. The Bertz CT molecular complexity index is 874. The van der Waals surface area contributed by atoms with Gasteiger partial charge >= 0.3 is 0 Å². The lowest BCUT2D eigenvalue weighted by molar-refractivity contribution is 0.425. The summed E-state index contributed by atoms with van der Waals surface area (Å²) >= 11 is 1.81. The van der Waals surface area contributed by atoms with Crippen molar-refractivity contribution < 1.29 is 0 Å². The quantitative estimate of drug-likeness (QED) is 0.760. The van der Waals surface area contributed by atoms with Crippen molar-refractivity contribution in [1.29, 1.82) is 0 Å². The van der Waals surface area contributed by atoms with Crippen LogP contribution in [0, 0.1) is 0 Å². The number of aromatic nitrogens is 4. The van der Waals surface area contributed by atoms with E-state index >= 15 is 0 Å². The largest absolute Gasteiger partial charge is 0.368 e. The third-order valence-electron chi connectivity index (χ3n) is 4.46. The number of likely N-dealkylation sites (N-methyl/N-ethyl adjacent to an activating group) is 1. The van der Waals surface area contributed by atoms with E-state index in [1.165, 1.54) is 28.7 Å². The van der Waals surface area contributed by atoms with Crippen LogP contribution in [0.5, 0.6) is 0 Å². The van der Waals surface area contributed by atoms with E-state index in [2.05, 4.69) is 34.3 Å². The first kappa shape index (κ1) is 16.4. The molecule has 0 saturated heterocycles. The molecule has 1 N–H and O–H groups in total. The van der Waals surface area contributed by atoms with Crippen LogP contribution in [-0.2, 0) is 12.8 Å². The second kappa shape index (κ2) is 7.01. The van der Waals surface area contributed by atoms with E-state index < -0.39 is 0 Å². The first-order chi connectivity index (χ1) is 12.2. The van der Waals surface area contributed by atoms with Crippen LogP contribution in [0.15, 0.2) is 18.6 Å². The number of rotatable bonds is 5. The number of fused-ring (bicyclic) bond motifs is 3. The Labute approximate surface area is 151 Å². The van der Waals surface area contributed by atoms with Gasteiger partial charge in [0.1, 0.15) is 16.3 Å². The fraction of sp³-hybridized carbons (Fsp3) is 0.444. The number of hydrogen-bond donors (Lipinski definition) is 1. The van der Waals surface area contributed by atoms with Gasteiger partial charge in [-0.3, -0.25) is 4.98 Å². The van der Waals surface area contributed by atoms with Gasteiger partial charge in [-0.05, 0) is 45.3 Å². The maximum Gasteiger partial charge on any atom is 0.183 e. The van der Waals surface area contributed by atoms with Crippen molar-refractivity contribution in [2.24, 2.45) is 0 Å². The normalized spacial score (nSPS) is 14.0. The summed E-state index contributed by atoms with van der Waals surface area (Å²) in [4.78, 5) is 22.8. The van der Waals surface area contributed by atoms with E-state index in [4.69, 9.17) is 9.97 Å². The maximum atomic E-state index is 4.81. The Morgan fingerprint density at radius 1 is 1.16 bits per heavy atom. The molecular weight excluding hydrogens is 332 g/mol. The van der Waals surface area contributed by atoms with Crippen molar-refractivity contribution in [3.63, 3.8) is 0 Å². The molecule has 3 aromatic rings. The van der Waals surface area contributed by atoms with E-state index in [-0.39, 0.29) is 0 Å². The minimum atomic E-state index is 0.645. The Morgan fingerprint density at radius 2 is 2.04 bits per heavy atom. The SMILES string of the molecule is CN(C)CCNc1nc(-c2cnccn2)nc2sc3c(c12)CCCC3. The van der Waals surface area contributed by atoms with Crippen molar-refractivity contribution in [3.05, 3.63) is 29.0 Å². The number of anilines is 1. The average Bonchev–Trinajstić information content (AvgIpc) is 3.00. The summed E-state index contributed by atoms with van der Waals surface area (Å²) in [5, 5.41) is 4.75. The Hall–Kier alpha value is -2.12. The topological polar surface area (TPSA) is 66.8 Å². The standard InChI is InChI=1S/C18H22N6S/c1-24(2)10-9-21-17-15-12-5-3-4-6-14(12)25-18(15)23-16(22-17)13-11-19-7-8-20-13/h7-8,11H,3-6,9-10H2,1-2H3,(H,21,22,23). The first-order valence-electron chi connectivity index (χ1n) is 8.69. The zero-order valence-electron chi connectivity index (χ0n) is 14.6. The van der Waals surface area contributed by atoms with Crippen molar-refractivity contribution >= 4 is 27.4 Å². The molecule has 7 heteroatoms. The third kappa shape index (κ3) is 3.34. The van der Waals surface area contributed by atoms with Crippen LogP contribution in [0.4, 0.5) is 5.82 Å². The summed E-state index contributed by atoms with van der Waals surface area (Å²) in [5.41, 5.74) is 2.16. The van der Waals surface area contributed by atoms with Crippen molar-refractivity contribution in [1.82, 2.24) is 24.8 Å². The van der Waals surface area contributed by atoms with E-state index in [1.807, 2.05) is 11.3 Å². The van der Waals surface area contributed by atoms with Crippen molar-refractivity contribution in [2.45, 2.75) is 25.7 Å². The lowest BCUT2D eigenvalue weighted by Gasteiger charge is -2.14. The highest BCUT2D eigenvalue weighted by molar-refractivity contribution is 7.19. The molecule has 0 spiro atoms. The third-order valence-corrected chi connectivity index (χ3v) is 5.64. The molecule has 0 unspecified atom stereocenters. The Balaban J connectivity index is 1.81. The molecule has 6 nitrogen and oxygen atoms in total. The molecule has 0 fully saturated rings. The van der Waals surface area contributed by atoms with Gasteiger partial charge < -0.3 is 10.2 Å². The molecule has 1 aliphatic rings. The van der Waals surface area contributed by atoms with Crippen LogP contribution in [0.1, 0.15) is 23.3 Å². The molecule has 0 bridgehead atoms. The highest BCUT2D eigenvalue weighted by atomic mass is 32.1. The second-order valence-corrected chi connectivity index (χ2v) is 7.69. The number of nitrogens with one attached hydrogen (secondary N) is 1. The molecule has 130 valence electrons. The first-order valence-corrected chi connectivity index (χ1v) is 9.51. The van der Waals surface area contributed by atoms with Gasteiger partial charge in [0.2, 0.25) is 0 Å². The minimum Gasteiger partial charge on any atom is -0.368 e. The predicted molar refractivity (Wildman–Crippen MR) is 102 cm³/mol. The Morgan fingerprint density at radius 3 is 2.84 bits per heavy atom. The summed E-state index contributed by atoms with van der Waals surface area (Å²) in [6.07, 6.45) is 9.89. The summed E-state index contributed by atoms with van der Waals surface area (Å²) in [5.74, 6) is 1.58. The summed E-state index contributed by atoms with van der Waals surface area (Å²) in [7, 11) is 4.16. The van der Waals surface area contributed by atoms with Crippen LogP contribution < -0.4 is 5.32 Å². The molecule has 0 atom stereocenters. The van der Waals surface area contributed by atoms with Crippen LogP contribution in [-0.4, -0.2) is 52.0 Å². The van der Waals surface area contributed by atoms with E-state index in [0.29, 0.717) is 11.5 Å². The molecule has 25 heavy (non-hydrogen) atoms. The molecule has 0 amide bonds. The summed E-state index contributed by atoms with van der Waals surface area (Å²) in [6.45, 7) is 1.81. The van der Waals surface area contributed by atoms with Crippen LogP contribution in [0.2, 0.25) is 0 Å². The number of nitrogens with zero attached hydrogens (tertiary/aromatic N) is 5. The fourth-order valence-corrected chi connectivity index (χ4v) is 4.47. The molecule has 4 rings (SSSR count). The Kier molecular flexibility index (Phi) is 4.59. The maximum absolute atomic E-state index is 4.81. The van der Waals surface area contributed by atoms with Gasteiger partial charge in [0, 0.05) is 30.4 Å². The molecule has 1 aliphatic carbocycles. The smallest absolute Gasteiger partial charge is 0.183 e. The van der Waals surface area contributed by atoms with Gasteiger partial charge in [-0.1, -0.05) is 0 Å². The van der Waals surface area contributed by atoms with Crippen LogP contribution in [0.25, 0.3) is 21.7 Å². The van der Waals surface area contributed by atoms with E-state index in [1.54, 1.807) is 18.6 Å². The average molecular weight is 354 g/mol. The van der Waals surface area contributed by atoms with Gasteiger partial charge in [-0.15, -0.1) is 11.3 Å². The molecule has 3 heterocycles. The van der Waals surface area contributed by atoms with Gasteiger partial charge in [-0.25, -0.2) is 15.0 Å². The van der Waals surface area contributed by atoms with Gasteiger partial charge in [-0.2, -0.15) is 0 Å². The molecule has 0 aromatic carbocycles. The highest BCUT2D eigenvalue weighted by Gasteiger charge is 2.21. The molecule has 0 saturated carbocycles. The summed E-state index contributed by atoms with van der Waals surface area (Å²) < 4.78 is 0. The zero-order chi connectivity index (χ0) is 17.2. The fourth-order valence-electron chi connectivity index (χ4n) is 3.21.